The van der Waals surface area contributed by atoms with Crippen LogP contribution in [0.3, 0.4) is 0 Å². The number of ketones is 1. The first-order valence-electron chi connectivity index (χ1n) is 7.15. The molecule has 1 aliphatic rings. The van der Waals surface area contributed by atoms with Gasteiger partial charge < -0.3 is 5.32 Å². The average molecular weight is 405 g/mol. The number of nitro groups is 1. The summed E-state index contributed by atoms with van der Waals surface area (Å²) in [7, 11) is 1.75. The van der Waals surface area contributed by atoms with Crippen molar-refractivity contribution >= 4 is 44.7 Å². The predicted molar refractivity (Wildman–Crippen MR) is 98.6 cm³/mol. The molecule has 0 bridgehead atoms. The van der Waals surface area contributed by atoms with Gasteiger partial charge in [-0.3, -0.25) is 14.9 Å². The number of Topliss-reactive ketones (excluding diaryl/α,β-unsaturated/α-hetero) is 1. The lowest BCUT2D eigenvalue weighted by molar-refractivity contribution is -0.385. The van der Waals surface area contributed by atoms with Crippen LogP contribution in [-0.2, 0) is 4.79 Å². The second-order valence-electron chi connectivity index (χ2n) is 5.14. The number of carbonyl (C=O) groups excluding carboxylic acids is 1. The third-order valence-electron chi connectivity index (χ3n) is 3.70. The maximum Gasteiger partial charge on any atom is 0.274 e. The number of allylic oxidation sites excluding steroid dienone is 1. The Bertz CT molecular complexity index is 866. The monoisotopic (exact) mass is 404 g/mol. The number of hydrogen-bond acceptors (Lipinski definition) is 5. The first-order chi connectivity index (χ1) is 11.5. The topological polar surface area (TPSA) is 72.2 Å². The Kier molecular flexibility index (Phi) is 4.73. The number of halogens is 1. The molecule has 1 heterocycles. The van der Waals surface area contributed by atoms with Crippen molar-refractivity contribution in [2.75, 3.05) is 7.05 Å². The normalized spacial score (nSPS) is 17.2. The molecule has 1 aliphatic heterocycles. The van der Waals surface area contributed by atoms with E-state index in [1.54, 1.807) is 25.2 Å². The van der Waals surface area contributed by atoms with Crippen LogP contribution in [0.4, 0.5) is 5.69 Å². The lowest BCUT2D eigenvalue weighted by Gasteiger charge is -2.09. The van der Waals surface area contributed by atoms with Gasteiger partial charge >= 0.3 is 0 Å². The highest BCUT2D eigenvalue weighted by Gasteiger charge is 2.38. The predicted octanol–water partition coefficient (Wildman–Crippen LogP) is 4.30. The summed E-state index contributed by atoms with van der Waals surface area (Å²) in [4.78, 5) is 23.8. The molecule has 0 saturated heterocycles. The van der Waals surface area contributed by atoms with Gasteiger partial charge in [0.15, 0.2) is 5.78 Å². The summed E-state index contributed by atoms with van der Waals surface area (Å²) >= 11 is 4.72. The molecule has 7 heteroatoms. The number of hydrogen-bond donors (Lipinski definition) is 1. The quantitative estimate of drug-likeness (QED) is 0.607. The SMILES string of the molecule is CNC1=C(c2cccc(Br)c2)C(=O)C(c2ccccc2[N+](=O)[O-])S1. The highest BCUT2D eigenvalue weighted by molar-refractivity contribution is 9.10. The molecule has 0 radical (unpaired) electrons. The smallest absolute Gasteiger partial charge is 0.274 e. The number of rotatable bonds is 4. The molecular weight excluding hydrogens is 392 g/mol. The van der Waals surface area contributed by atoms with E-state index >= 15 is 0 Å². The maximum atomic E-state index is 13.0. The van der Waals surface area contributed by atoms with Crippen LogP contribution in [0.15, 0.2) is 58.0 Å². The fourth-order valence-electron chi connectivity index (χ4n) is 2.65. The summed E-state index contributed by atoms with van der Waals surface area (Å²) in [6.45, 7) is 0. The Morgan fingerprint density at radius 1 is 1.21 bits per heavy atom. The number of nitro benzene ring substituents is 1. The highest BCUT2D eigenvalue weighted by Crippen LogP contribution is 2.49. The van der Waals surface area contributed by atoms with Crippen LogP contribution < -0.4 is 5.32 Å². The molecule has 1 unspecified atom stereocenters. The largest absolute Gasteiger partial charge is 0.382 e. The lowest BCUT2D eigenvalue weighted by atomic mass is 9.97. The molecule has 2 aromatic rings. The van der Waals surface area contributed by atoms with Crippen LogP contribution in [0, 0.1) is 10.1 Å². The van der Waals surface area contributed by atoms with E-state index < -0.39 is 10.2 Å². The lowest BCUT2D eigenvalue weighted by Crippen LogP contribution is -2.09. The summed E-state index contributed by atoms with van der Waals surface area (Å²) in [6, 6.07) is 13.9. The number of carbonyl (C=O) groups is 1. The molecule has 0 fully saturated rings. The summed E-state index contributed by atoms with van der Waals surface area (Å²) in [5.74, 6) is -0.128. The standard InChI is InChI=1S/C17H13BrN2O3S/c1-19-17-14(10-5-4-6-11(18)9-10)15(21)16(24-17)12-7-2-3-8-13(12)20(22)23/h2-9,16,19H,1H3. The number of nitrogens with zero attached hydrogens (tertiary/aromatic N) is 1. The molecule has 3 rings (SSSR count). The van der Waals surface area contributed by atoms with Crippen LogP contribution in [0.2, 0.25) is 0 Å². The molecule has 0 spiro atoms. The highest BCUT2D eigenvalue weighted by atomic mass is 79.9. The third kappa shape index (κ3) is 2.97. The molecule has 0 aliphatic carbocycles. The van der Waals surface area contributed by atoms with Gasteiger partial charge in [-0.15, -0.1) is 0 Å². The van der Waals surface area contributed by atoms with Crippen molar-refractivity contribution in [1.29, 1.82) is 0 Å². The van der Waals surface area contributed by atoms with E-state index in [0.717, 1.165) is 15.1 Å². The Balaban J connectivity index is 2.06. The van der Waals surface area contributed by atoms with Crippen molar-refractivity contribution in [1.82, 2.24) is 5.32 Å². The van der Waals surface area contributed by atoms with Gasteiger partial charge in [0.2, 0.25) is 0 Å². The minimum absolute atomic E-state index is 0.0331. The van der Waals surface area contributed by atoms with Crippen molar-refractivity contribution in [2.45, 2.75) is 5.25 Å². The zero-order chi connectivity index (χ0) is 17.3. The van der Waals surface area contributed by atoms with Gasteiger partial charge in [0.1, 0.15) is 5.25 Å². The van der Waals surface area contributed by atoms with E-state index in [4.69, 9.17) is 0 Å². The van der Waals surface area contributed by atoms with Crippen LogP contribution in [-0.4, -0.2) is 17.8 Å². The van der Waals surface area contributed by atoms with Crippen LogP contribution in [0.1, 0.15) is 16.4 Å². The summed E-state index contributed by atoms with van der Waals surface area (Å²) < 4.78 is 0.870. The van der Waals surface area contributed by atoms with Crippen molar-refractivity contribution in [3.63, 3.8) is 0 Å². The van der Waals surface area contributed by atoms with E-state index in [0.29, 0.717) is 11.1 Å². The van der Waals surface area contributed by atoms with Gasteiger partial charge in [0.25, 0.3) is 5.69 Å². The van der Waals surface area contributed by atoms with Gasteiger partial charge in [0.05, 0.1) is 21.1 Å². The van der Waals surface area contributed by atoms with Gasteiger partial charge in [-0.05, 0) is 17.7 Å². The Labute approximate surface area is 151 Å². The maximum absolute atomic E-state index is 13.0. The van der Waals surface area contributed by atoms with Crippen LogP contribution >= 0.6 is 27.7 Å². The van der Waals surface area contributed by atoms with Crippen molar-refractivity contribution in [3.05, 3.63) is 79.3 Å². The van der Waals surface area contributed by atoms with Gasteiger partial charge in [-0.1, -0.05) is 58.0 Å². The molecule has 24 heavy (non-hydrogen) atoms. The zero-order valence-corrected chi connectivity index (χ0v) is 15.1. The van der Waals surface area contributed by atoms with Crippen molar-refractivity contribution in [2.24, 2.45) is 0 Å². The molecule has 2 aromatic carbocycles. The van der Waals surface area contributed by atoms with E-state index in [2.05, 4.69) is 21.2 Å². The molecule has 1 N–H and O–H groups in total. The molecular formula is C17H13BrN2O3S. The molecule has 0 saturated carbocycles. The van der Waals surface area contributed by atoms with E-state index in [1.807, 2.05) is 24.3 Å². The van der Waals surface area contributed by atoms with E-state index in [-0.39, 0.29) is 11.5 Å². The number of benzene rings is 2. The van der Waals surface area contributed by atoms with Gasteiger partial charge in [-0.25, -0.2) is 0 Å². The Morgan fingerprint density at radius 3 is 2.62 bits per heavy atom. The molecule has 0 aromatic heterocycles. The van der Waals surface area contributed by atoms with Crippen molar-refractivity contribution in [3.8, 4) is 0 Å². The minimum atomic E-state index is -0.622. The fraction of sp³-hybridized carbons (Fsp3) is 0.118. The first kappa shape index (κ1) is 16.7. The second-order valence-corrected chi connectivity index (χ2v) is 7.17. The first-order valence-corrected chi connectivity index (χ1v) is 8.82. The number of para-hydroxylation sites is 1. The molecule has 0 amide bonds. The van der Waals surface area contributed by atoms with Gasteiger partial charge in [-0.2, -0.15) is 0 Å². The number of thioether (sulfide) groups is 1. The second kappa shape index (κ2) is 6.78. The van der Waals surface area contributed by atoms with Crippen LogP contribution in [0.5, 0.6) is 0 Å². The van der Waals surface area contributed by atoms with Crippen LogP contribution in [0.25, 0.3) is 5.57 Å². The molecule has 5 nitrogen and oxygen atoms in total. The summed E-state index contributed by atoms with van der Waals surface area (Å²) in [5.41, 5.74) is 1.74. The molecule has 122 valence electrons. The fourth-order valence-corrected chi connectivity index (χ4v) is 4.30. The van der Waals surface area contributed by atoms with E-state index in [1.165, 1.54) is 17.8 Å². The van der Waals surface area contributed by atoms with Gasteiger partial charge in [0, 0.05) is 17.6 Å². The average Bonchev–Trinajstić information content (AvgIpc) is 2.91. The molecule has 1 atom stereocenters. The minimum Gasteiger partial charge on any atom is -0.382 e. The number of nitrogens with one attached hydrogen (secondary N) is 1. The summed E-state index contributed by atoms with van der Waals surface area (Å²) in [6.07, 6.45) is 0. The Hall–Kier alpha value is -2.12. The third-order valence-corrected chi connectivity index (χ3v) is 5.54. The van der Waals surface area contributed by atoms with Crippen molar-refractivity contribution < 1.29 is 9.72 Å². The summed E-state index contributed by atoms with van der Waals surface area (Å²) in [5, 5.41) is 14.4. The Morgan fingerprint density at radius 2 is 1.96 bits per heavy atom. The van der Waals surface area contributed by atoms with E-state index in [9.17, 15) is 14.9 Å². The zero-order valence-electron chi connectivity index (χ0n) is 12.7.